The van der Waals surface area contributed by atoms with Crippen molar-refractivity contribution >= 4 is 99.9 Å². The number of pyridine rings is 3. The third kappa shape index (κ3) is 17.2. The Bertz CT molecular complexity index is 6290. The molecule has 0 aliphatic carbocycles. The number of ketones is 2. The Morgan fingerprint density at radius 2 is 1.36 bits per heavy atom. The number of fused-ring (bicyclic) bond motifs is 13. The van der Waals surface area contributed by atoms with E-state index in [4.69, 9.17) is 31.6 Å². The van der Waals surface area contributed by atoms with E-state index in [2.05, 4.69) is 183 Å². The number of aliphatic hydroxyl groups excluding tert-OH is 2. The van der Waals surface area contributed by atoms with Gasteiger partial charge in [-0.15, -0.1) is 64.5 Å². The van der Waals surface area contributed by atoms with Gasteiger partial charge in [-0.25, -0.2) is 4.57 Å². The molecule has 0 atom stereocenters. The van der Waals surface area contributed by atoms with Gasteiger partial charge in [-0.2, -0.15) is 4.40 Å². The minimum absolute atomic E-state index is 0. The molecule has 10 nitrogen and oxygen atoms in total. The summed E-state index contributed by atoms with van der Waals surface area (Å²) in [4.78, 5) is 34.0. The van der Waals surface area contributed by atoms with Gasteiger partial charge >= 0.3 is 105 Å². The summed E-state index contributed by atoms with van der Waals surface area (Å²) in [6.45, 7) is 21.9. The Balaban J connectivity index is 0.000000174. The van der Waals surface area contributed by atoms with Crippen molar-refractivity contribution in [2.24, 2.45) is 0 Å². The summed E-state index contributed by atoms with van der Waals surface area (Å²) in [5.74, 6) is 8.21. The largest absolute Gasteiger partial charge is 0 e. The Hall–Kier alpha value is -9.13. The maximum Gasteiger partial charge on any atom is 0 e. The third-order valence-corrected chi connectivity index (χ3v) is 21.8. The van der Waals surface area contributed by atoms with Crippen LogP contribution < -0.4 is 13.4 Å². The molecule has 14 aromatic rings. The maximum absolute atomic E-state index is 10.0. The molecule has 7 heterocycles. The molecule has 0 bridgehead atoms. The summed E-state index contributed by atoms with van der Waals surface area (Å²) in [7, 11) is 0. The zero-order valence-electron chi connectivity index (χ0n) is 73.9. The van der Waals surface area contributed by atoms with Crippen LogP contribution in [0.25, 0.3) is 104 Å². The number of hydrogen-bond donors (Lipinski definition) is 2. The van der Waals surface area contributed by atoms with E-state index < -0.39 is 37.8 Å². The van der Waals surface area contributed by atoms with Gasteiger partial charge in [0.25, 0.3) is 5.65 Å². The quantitative estimate of drug-likeness (QED) is 0.0406. The number of aliphatic hydroxyl groups is 2. The molecule has 16 rings (SSSR count). The molecular formula is C90H92GeIr2N6O4. The van der Waals surface area contributed by atoms with Crippen LogP contribution in [0.3, 0.4) is 0 Å². The van der Waals surface area contributed by atoms with Gasteiger partial charge < -0.3 is 20.2 Å². The first-order chi connectivity index (χ1) is 53.5. The van der Waals surface area contributed by atoms with Crippen molar-refractivity contribution in [3.63, 3.8) is 0 Å². The van der Waals surface area contributed by atoms with Gasteiger partial charge in [0.05, 0.1) is 40.5 Å². The SMILES string of the molecule is CC(=O)C=C(C)O.CC(=O)C=C(C)O.Cc1[c-]c(-c2nccc3c(C(C)C)cc(C(C)C)cc23)cc(C)c1.Cc1cnc2c3[c-]cccc3c3ccccc3c2n1.[2H]c1c([2H])c(C)c(-c2c([2H])n3c4c5c(c([2H])c([2H])c([2H])c5c5c([2H])c(C)c([2H])c([2H])c5[n+]24)C3)c(C([2H])([2H])[2H])c1[2H].[CH3][Ge]([CH3])([CH3])[c]1ccc2[n+](c1)Cc1ccccc1-2.[Ir].[Ir]. The number of imidazole rings is 1. The summed E-state index contributed by atoms with van der Waals surface area (Å²) in [5.41, 5.74) is 14.4. The van der Waals surface area contributed by atoms with Crippen LogP contribution in [-0.2, 0) is 62.9 Å². The average Bonchev–Trinajstić information content (AvgIpc) is 1.53. The molecular weight excluding hydrogens is 1690 g/mol. The van der Waals surface area contributed by atoms with E-state index in [1.54, 1.807) is 4.40 Å². The van der Waals surface area contributed by atoms with Gasteiger partial charge in [-0.05, 0) is 129 Å². The minimum Gasteiger partial charge on any atom is 0 e. The van der Waals surface area contributed by atoms with E-state index in [0.29, 0.717) is 22.8 Å². The van der Waals surface area contributed by atoms with Crippen LogP contribution in [-0.4, -0.2) is 54.6 Å². The predicted octanol–water partition coefficient (Wildman–Crippen LogP) is 20.7. The number of aromatic nitrogens is 6. The molecule has 0 saturated heterocycles. The van der Waals surface area contributed by atoms with Crippen LogP contribution in [0, 0.1) is 53.6 Å². The zero-order valence-corrected chi connectivity index (χ0v) is 67.8. The van der Waals surface area contributed by atoms with E-state index in [0.717, 1.165) is 50.9 Å². The molecule has 0 spiro atoms. The molecule has 2 aliphatic heterocycles. The van der Waals surface area contributed by atoms with Gasteiger partial charge in [0.1, 0.15) is 19.6 Å². The van der Waals surface area contributed by atoms with Gasteiger partial charge in [-0.3, -0.25) is 14.6 Å². The molecule has 0 fully saturated rings. The number of carbonyl (C=O) groups is 2. The molecule has 2 N–H and O–H groups in total. The molecule has 5 aromatic heterocycles. The number of hydrogen-bond acceptors (Lipinski definition) is 7. The molecule has 528 valence electrons. The summed E-state index contributed by atoms with van der Waals surface area (Å²) in [6.07, 6.45) is 8.21. The normalized spacial score (nSPS) is 13.9. The predicted molar refractivity (Wildman–Crippen MR) is 421 cm³/mol. The van der Waals surface area contributed by atoms with E-state index >= 15 is 0 Å². The molecule has 2 aliphatic rings. The Kier molecular flexibility index (Phi) is 19.7. The van der Waals surface area contributed by atoms with Crippen molar-refractivity contribution < 1.29 is 86.8 Å². The van der Waals surface area contributed by atoms with Crippen molar-refractivity contribution in [2.45, 2.75) is 139 Å². The van der Waals surface area contributed by atoms with Crippen LogP contribution in [0.1, 0.15) is 141 Å². The Labute approximate surface area is 654 Å². The molecule has 0 saturated carbocycles. The number of rotatable bonds is 7. The number of nitrogens with zero attached hydrogens (tertiary/aromatic N) is 6. The smallest absolute Gasteiger partial charge is 0 e. The number of benzene rings is 9. The molecule has 2 radical (unpaired) electrons. The second kappa shape index (κ2) is 33.1. The summed E-state index contributed by atoms with van der Waals surface area (Å²) in [5, 5.41) is 24.4. The van der Waals surface area contributed by atoms with Crippen LogP contribution in [0.15, 0.2) is 212 Å². The van der Waals surface area contributed by atoms with Crippen LogP contribution in [0.4, 0.5) is 0 Å². The molecule has 103 heavy (non-hydrogen) atoms. The number of aryl methyl sites for hydroxylation is 3. The molecule has 9 aromatic carbocycles. The first-order valence-electron chi connectivity index (χ1n) is 40.3. The Morgan fingerprint density at radius 3 is 2.03 bits per heavy atom. The third-order valence-electron chi connectivity index (χ3n) is 17.5. The van der Waals surface area contributed by atoms with E-state index in [1.165, 1.54) is 118 Å². The first kappa shape index (κ1) is 61.4. The van der Waals surface area contributed by atoms with Gasteiger partial charge in [0.15, 0.2) is 17.3 Å². The molecule has 0 unspecified atom stereocenters. The van der Waals surface area contributed by atoms with Gasteiger partial charge in [0, 0.05) is 96.3 Å². The van der Waals surface area contributed by atoms with E-state index in [9.17, 15) is 11.0 Å². The van der Waals surface area contributed by atoms with Crippen LogP contribution in [0.5, 0.6) is 0 Å². The summed E-state index contributed by atoms with van der Waals surface area (Å²) in [6, 6.07) is 42.4. The van der Waals surface area contributed by atoms with Crippen molar-refractivity contribution in [3.05, 3.63) is 280 Å². The maximum atomic E-state index is 10.0. The fourth-order valence-corrected chi connectivity index (χ4v) is 15.4. The average molecular weight is 1790 g/mol. The second-order valence-corrected chi connectivity index (χ2v) is 38.2. The summed E-state index contributed by atoms with van der Waals surface area (Å²) >= 11 is -1.70. The number of allylic oxidation sites excluding steroid dienone is 4. The van der Waals surface area contributed by atoms with Gasteiger partial charge in [-0.1, -0.05) is 137 Å². The Morgan fingerprint density at radius 1 is 0.670 bits per heavy atom. The molecule has 0 amide bonds. The topological polar surface area (TPSA) is 126 Å². The van der Waals surface area contributed by atoms with E-state index in [1.807, 2.05) is 37.5 Å². The van der Waals surface area contributed by atoms with Crippen LogP contribution in [0.2, 0.25) is 17.3 Å². The van der Waals surface area contributed by atoms with Crippen LogP contribution >= 0.6 is 0 Å². The van der Waals surface area contributed by atoms with E-state index in [-0.39, 0.29) is 163 Å². The van der Waals surface area contributed by atoms with Crippen molar-refractivity contribution in [2.75, 3.05) is 0 Å². The number of carbonyl (C=O) groups excluding carboxylic acids is 2. The standard InChI is InChI=1S/C25H21N2.C23H26N.C17H11N2.C15H18GeN.2C5H8O2.2Ir/c1-15-10-11-21-20(12-15)19-9-5-8-18-13-26-14-22(27(21)25(26)24(18)19)23-16(2)6-4-7-17(23)3;1-14(2)18-12-21(15(3)4)20-7-8-24-23(22(20)13-18)19-10-16(5)9-17(6)11-19;1-11-10-18-16-14-8-4-2-6-12(14)13-7-3-5-9-15(13)17(16)19-11;1-16(2,3)13-8-9-15-14-7-5-4-6-12(14)10-17(15)11-13;2*1-4(6)3-5(2)7;;/h4-12,14H,13H2,1-3H3;7-10,12-15H,1-6H3;2-7,9-10H,1H3;4-9,11H,10H2,1-3H3;2*3,6H,1-2H3;;/q+1;2*-1;+1;;;;/i2D3,4D,5D,6D,7D,8D,9D,10D,11D,12D,14D;;;;;;;. The fraction of sp³-hybridized carbons (Fsp3) is 0.233. The fourth-order valence-electron chi connectivity index (χ4n) is 13.1. The second-order valence-electron chi connectivity index (χ2n) is 27.6. The monoisotopic (exact) mass is 1790 g/mol. The summed E-state index contributed by atoms with van der Waals surface area (Å²) < 4.78 is 118. The molecule has 13 heteroatoms. The minimum atomic E-state index is -2.91. The van der Waals surface area contributed by atoms with Crippen molar-refractivity contribution in [3.8, 4) is 33.8 Å². The van der Waals surface area contributed by atoms with Crippen molar-refractivity contribution in [1.29, 1.82) is 0 Å². The zero-order chi connectivity index (χ0) is 83.5. The van der Waals surface area contributed by atoms with Gasteiger partial charge in [0.2, 0.25) is 0 Å². The van der Waals surface area contributed by atoms with Crippen molar-refractivity contribution in [1.82, 2.24) is 19.5 Å². The first-order valence-corrected chi connectivity index (χ1v) is 41.2.